The van der Waals surface area contributed by atoms with Crippen LogP contribution in [0.15, 0.2) is 48.5 Å². The van der Waals surface area contributed by atoms with Crippen LogP contribution in [0, 0.1) is 0 Å². The SMILES string of the molecule is CCCCOc1ccc(C=CC(=O)Nc2cc(Cl)cc(Cl)c2)cc1. The van der Waals surface area contributed by atoms with E-state index in [1.165, 1.54) is 6.08 Å². The normalized spacial score (nSPS) is 10.8. The number of ether oxygens (including phenoxy) is 1. The van der Waals surface area contributed by atoms with Gasteiger partial charge in [-0.3, -0.25) is 4.79 Å². The van der Waals surface area contributed by atoms with Crippen LogP contribution in [0.1, 0.15) is 25.3 Å². The van der Waals surface area contributed by atoms with Crippen molar-refractivity contribution >= 4 is 40.9 Å². The second kappa shape index (κ2) is 9.36. The molecular formula is C19H19Cl2NO2. The van der Waals surface area contributed by atoms with Gasteiger partial charge in [0.1, 0.15) is 5.75 Å². The van der Waals surface area contributed by atoms with Gasteiger partial charge in [-0.2, -0.15) is 0 Å². The molecule has 0 aliphatic carbocycles. The molecule has 3 nitrogen and oxygen atoms in total. The zero-order chi connectivity index (χ0) is 17.4. The summed E-state index contributed by atoms with van der Waals surface area (Å²) in [6.45, 7) is 2.84. The molecule has 126 valence electrons. The van der Waals surface area contributed by atoms with Crippen molar-refractivity contribution in [2.45, 2.75) is 19.8 Å². The minimum absolute atomic E-state index is 0.253. The Morgan fingerprint density at radius 1 is 1.12 bits per heavy atom. The Hall–Kier alpha value is -1.97. The Balaban J connectivity index is 1.91. The summed E-state index contributed by atoms with van der Waals surface area (Å²) < 4.78 is 5.60. The van der Waals surface area contributed by atoms with Crippen LogP contribution in [-0.4, -0.2) is 12.5 Å². The maximum atomic E-state index is 11.9. The molecule has 2 aromatic rings. The highest BCUT2D eigenvalue weighted by Gasteiger charge is 2.01. The van der Waals surface area contributed by atoms with Crippen molar-refractivity contribution in [1.29, 1.82) is 0 Å². The van der Waals surface area contributed by atoms with E-state index in [0.717, 1.165) is 30.8 Å². The Morgan fingerprint density at radius 3 is 2.42 bits per heavy atom. The number of hydrogen-bond acceptors (Lipinski definition) is 2. The van der Waals surface area contributed by atoms with Crippen LogP contribution in [0.25, 0.3) is 6.08 Å². The lowest BCUT2D eigenvalue weighted by Crippen LogP contribution is -2.07. The molecule has 5 heteroatoms. The van der Waals surface area contributed by atoms with Gasteiger partial charge in [-0.1, -0.05) is 48.7 Å². The summed E-state index contributed by atoms with van der Waals surface area (Å²) in [5.74, 6) is 0.579. The largest absolute Gasteiger partial charge is 0.494 e. The Labute approximate surface area is 152 Å². The summed E-state index contributed by atoms with van der Waals surface area (Å²) in [7, 11) is 0. The number of benzene rings is 2. The van der Waals surface area contributed by atoms with Gasteiger partial charge in [0.15, 0.2) is 0 Å². The third-order valence-corrected chi connectivity index (χ3v) is 3.64. The fourth-order valence-corrected chi connectivity index (χ4v) is 2.52. The fourth-order valence-electron chi connectivity index (χ4n) is 1.99. The Kier molecular flexibility index (Phi) is 7.16. The first-order valence-corrected chi connectivity index (χ1v) is 8.50. The van der Waals surface area contributed by atoms with Crippen molar-refractivity contribution < 1.29 is 9.53 Å². The molecule has 0 fully saturated rings. The molecule has 0 aliphatic heterocycles. The summed E-state index contributed by atoms with van der Waals surface area (Å²) >= 11 is 11.8. The molecule has 0 heterocycles. The maximum absolute atomic E-state index is 11.9. The summed E-state index contributed by atoms with van der Waals surface area (Å²) in [6, 6.07) is 12.5. The van der Waals surface area contributed by atoms with E-state index in [1.54, 1.807) is 24.3 Å². The van der Waals surface area contributed by atoms with Crippen molar-refractivity contribution in [1.82, 2.24) is 0 Å². The van der Waals surface area contributed by atoms with Crippen molar-refractivity contribution in [3.63, 3.8) is 0 Å². The number of unbranched alkanes of at least 4 members (excludes halogenated alkanes) is 1. The highest BCUT2D eigenvalue weighted by Crippen LogP contribution is 2.22. The fraction of sp³-hybridized carbons (Fsp3) is 0.211. The average molecular weight is 364 g/mol. The molecule has 0 saturated heterocycles. The lowest BCUT2D eigenvalue weighted by molar-refractivity contribution is -0.111. The van der Waals surface area contributed by atoms with Gasteiger partial charge >= 0.3 is 0 Å². The molecule has 0 spiro atoms. The molecule has 0 unspecified atom stereocenters. The Bertz CT molecular complexity index is 692. The zero-order valence-electron chi connectivity index (χ0n) is 13.4. The maximum Gasteiger partial charge on any atom is 0.248 e. The van der Waals surface area contributed by atoms with E-state index in [1.807, 2.05) is 24.3 Å². The molecule has 0 aliphatic rings. The predicted octanol–water partition coefficient (Wildman–Crippen LogP) is 5.82. The lowest BCUT2D eigenvalue weighted by Gasteiger charge is -2.05. The van der Waals surface area contributed by atoms with E-state index >= 15 is 0 Å². The van der Waals surface area contributed by atoms with Crippen molar-refractivity contribution in [2.75, 3.05) is 11.9 Å². The van der Waals surface area contributed by atoms with Gasteiger partial charge in [0.2, 0.25) is 5.91 Å². The second-order valence-electron chi connectivity index (χ2n) is 5.25. The van der Waals surface area contributed by atoms with Crippen LogP contribution in [0.4, 0.5) is 5.69 Å². The van der Waals surface area contributed by atoms with E-state index in [-0.39, 0.29) is 5.91 Å². The van der Waals surface area contributed by atoms with Crippen molar-refractivity contribution in [3.05, 3.63) is 64.1 Å². The van der Waals surface area contributed by atoms with Gasteiger partial charge in [-0.15, -0.1) is 0 Å². The van der Waals surface area contributed by atoms with Crippen LogP contribution < -0.4 is 10.1 Å². The van der Waals surface area contributed by atoms with Gasteiger partial charge in [0.25, 0.3) is 0 Å². The number of carbonyl (C=O) groups is 1. The standard InChI is InChI=1S/C19H19Cl2NO2/c1-2-3-10-24-18-7-4-14(5-8-18)6-9-19(23)22-17-12-15(20)11-16(21)13-17/h4-9,11-13H,2-3,10H2,1H3,(H,22,23). The van der Waals surface area contributed by atoms with Gasteiger partial charge in [0.05, 0.1) is 6.61 Å². The van der Waals surface area contributed by atoms with Gasteiger partial charge in [0, 0.05) is 21.8 Å². The van der Waals surface area contributed by atoms with Crippen molar-refractivity contribution in [3.8, 4) is 5.75 Å². The van der Waals surface area contributed by atoms with Crippen molar-refractivity contribution in [2.24, 2.45) is 0 Å². The van der Waals surface area contributed by atoms with E-state index < -0.39 is 0 Å². The number of hydrogen-bond donors (Lipinski definition) is 1. The number of carbonyl (C=O) groups excluding carboxylic acids is 1. The molecule has 0 bridgehead atoms. The monoisotopic (exact) mass is 363 g/mol. The molecule has 2 aromatic carbocycles. The highest BCUT2D eigenvalue weighted by molar-refractivity contribution is 6.35. The first-order valence-electron chi connectivity index (χ1n) is 7.75. The lowest BCUT2D eigenvalue weighted by atomic mass is 10.2. The van der Waals surface area contributed by atoms with E-state index in [2.05, 4.69) is 12.2 Å². The minimum Gasteiger partial charge on any atom is -0.494 e. The third-order valence-electron chi connectivity index (χ3n) is 3.20. The van der Waals surface area contributed by atoms with Crippen LogP contribution in [0.3, 0.4) is 0 Å². The van der Waals surface area contributed by atoms with Crippen LogP contribution in [-0.2, 0) is 4.79 Å². The number of halogens is 2. The summed E-state index contributed by atoms with van der Waals surface area (Å²) in [5.41, 5.74) is 1.47. The Morgan fingerprint density at radius 2 is 1.79 bits per heavy atom. The van der Waals surface area contributed by atoms with E-state index in [9.17, 15) is 4.79 Å². The highest BCUT2D eigenvalue weighted by atomic mass is 35.5. The van der Waals surface area contributed by atoms with E-state index in [4.69, 9.17) is 27.9 Å². The first-order chi connectivity index (χ1) is 11.6. The second-order valence-corrected chi connectivity index (χ2v) is 6.12. The molecule has 1 amide bonds. The smallest absolute Gasteiger partial charge is 0.248 e. The number of anilines is 1. The predicted molar refractivity (Wildman–Crippen MR) is 101 cm³/mol. The van der Waals surface area contributed by atoms with Gasteiger partial charge in [-0.05, 0) is 48.4 Å². The molecule has 24 heavy (non-hydrogen) atoms. The summed E-state index contributed by atoms with van der Waals surface area (Å²) in [5, 5.41) is 3.67. The average Bonchev–Trinajstić information content (AvgIpc) is 2.53. The topological polar surface area (TPSA) is 38.3 Å². The molecular weight excluding hydrogens is 345 g/mol. The number of amides is 1. The summed E-state index contributed by atoms with van der Waals surface area (Å²) in [4.78, 5) is 11.9. The van der Waals surface area contributed by atoms with Gasteiger partial charge < -0.3 is 10.1 Å². The van der Waals surface area contributed by atoms with E-state index in [0.29, 0.717) is 15.7 Å². The number of nitrogens with one attached hydrogen (secondary N) is 1. The minimum atomic E-state index is -0.253. The quantitative estimate of drug-likeness (QED) is 0.496. The molecule has 1 N–H and O–H groups in total. The third kappa shape index (κ3) is 6.26. The van der Waals surface area contributed by atoms with Crippen LogP contribution in [0.2, 0.25) is 10.0 Å². The summed E-state index contributed by atoms with van der Waals surface area (Å²) in [6.07, 6.45) is 5.34. The van der Waals surface area contributed by atoms with Crippen LogP contribution >= 0.6 is 23.2 Å². The zero-order valence-corrected chi connectivity index (χ0v) is 14.9. The molecule has 0 saturated carbocycles. The van der Waals surface area contributed by atoms with Gasteiger partial charge in [-0.25, -0.2) is 0 Å². The molecule has 0 aromatic heterocycles. The first kappa shape index (κ1) is 18.4. The number of rotatable bonds is 7. The van der Waals surface area contributed by atoms with Crippen LogP contribution in [0.5, 0.6) is 5.75 Å². The molecule has 0 atom stereocenters. The molecule has 2 rings (SSSR count). The molecule has 0 radical (unpaired) electrons.